The van der Waals surface area contributed by atoms with Crippen LogP contribution in [0.5, 0.6) is 0 Å². The zero-order valence-electron chi connectivity index (χ0n) is 10.0. The van der Waals surface area contributed by atoms with Crippen molar-refractivity contribution >= 4 is 17.6 Å². The summed E-state index contributed by atoms with van der Waals surface area (Å²) in [6, 6.07) is 4.87. The normalized spacial score (nSPS) is 11.9. The lowest BCUT2D eigenvalue weighted by Crippen LogP contribution is -2.30. The Morgan fingerprint density at radius 3 is 2.67 bits per heavy atom. The SMILES string of the molecule is Cc1cc(C(=O)NCCC(O)C(=O)O)ccc1N. The van der Waals surface area contributed by atoms with Crippen LogP contribution in [0.4, 0.5) is 5.69 Å². The molecular weight excluding hydrogens is 236 g/mol. The van der Waals surface area contributed by atoms with Gasteiger partial charge in [-0.1, -0.05) is 0 Å². The number of carbonyl (C=O) groups excluding carboxylic acids is 1. The highest BCUT2D eigenvalue weighted by Gasteiger charge is 2.13. The summed E-state index contributed by atoms with van der Waals surface area (Å²) in [5.74, 6) is -1.62. The van der Waals surface area contributed by atoms with Gasteiger partial charge in [0.05, 0.1) is 0 Å². The van der Waals surface area contributed by atoms with Crippen LogP contribution < -0.4 is 11.1 Å². The minimum absolute atomic E-state index is 0.0327. The Morgan fingerprint density at radius 1 is 1.44 bits per heavy atom. The number of nitrogens with one attached hydrogen (secondary N) is 1. The van der Waals surface area contributed by atoms with Gasteiger partial charge >= 0.3 is 5.97 Å². The van der Waals surface area contributed by atoms with Crippen LogP contribution in [0.25, 0.3) is 0 Å². The van der Waals surface area contributed by atoms with Crippen molar-refractivity contribution in [1.82, 2.24) is 5.32 Å². The summed E-state index contributed by atoms with van der Waals surface area (Å²) < 4.78 is 0. The number of aliphatic hydroxyl groups is 1. The number of hydrogen-bond acceptors (Lipinski definition) is 4. The monoisotopic (exact) mass is 252 g/mol. The number of aliphatic carboxylic acids is 1. The second-order valence-electron chi connectivity index (χ2n) is 3.97. The predicted octanol–water partition coefficient (Wildman–Crippen LogP) is 0.143. The van der Waals surface area contributed by atoms with Crippen molar-refractivity contribution in [3.63, 3.8) is 0 Å². The van der Waals surface area contributed by atoms with E-state index in [1.54, 1.807) is 25.1 Å². The average molecular weight is 252 g/mol. The molecule has 6 nitrogen and oxygen atoms in total. The molecule has 1 atom stereocenters. The Kier molecular flexibility index (Phi) is 4.67. The minimum Gasteiger partial charge on any atom is -0.479 e. The van der Waals surface area contributed by atoms with E-state index in [-0.39, 0.29) is 18.9 Å². The van der Waals surface area contributed by atoms with Gasteiger partial charge in [0, 0.05) is 24.2 Å². The Balaban J connectivity index is 2.50. The van der Waals surface area contributed by atoms with Gasteiger partial charge in [0.15, 0.2) is 6.10 Å². The number of carbonyl (C=O) groups is 2. The van der Waals surface area contributed by atoms with Gasteiger partial charge in [-0.25, -0.2) is 4.79 Å². The van der Waals surface area contributed by atoms with E-state index in [1.165, 1.54) is 0 Å². The molecule has 0 aliphatic carbocycles. The third-order valence-corrected chi connectivity index (χ3v) is 2.52. The summed E-state index contributed by atoms with van der Waals surface area (Å²) >= 11 is 0. The van der Waals surface area contributed by atoms with Crippen LogP contribution in [-0.2, 0) is 4.79 Å². The largest absolute Gasteiger partial charge is 0.479 e. The average Bonchev–Trinajstić information content (AvgIpc) is 2.32. The second kappa shape index (κ2) is 6.02. The molecule has 98 valence electrons. The van der Waals surface area contributed by atoms with Crippen LogP contribution in [0.2, 0.25) is 0 Å². The number of anilines is 1. The van der Waals surface area contributed by atoms with E-state index in [2.05, 4.69) is 5.32 Å². The molecule has 1 unspecified atom stereocenters. The number of benzene rings is 1. The van der Waals surface area contributed by atoms with Gasteiger partial charge in [-0.3, -0.25) is 4.79 Å². The molecule has 0 aliphatic rings. The number of amides is 1. The smallest absolute Gasteiger partial charge is 0.332 e. The quantitative estimate of drug-likeness (QED) is 0.557. The number of carboxylic acid groups (broad SMARTS) is 1. The topological polar surface area (TPSA) is 113 Å². The van der Waals surface area contributed by atoms with Crippen molar-refractivity contribution in [3.8, 4) is 0 Å². The number of carboxylic acids is 1. The van der Waals surface area contributed by atoms with Crippen LogP contribution in [0.15, 0.2) is 18.2 Å². The van der Waals surface area contributed by atoms with E-state index in [1.807, 2.05) is 0 Å². The maximum absolute atomic E-state index is 11.7. The van der Waals surface area contributed by atoms with Gasteiger partial charge in [-0.2, -0.15) is 0 Å². The molecule has 0 saturated heterocycles. The Hall–Kier alpha value is -2.08. The first-order valence-corrected chi connectivity index (χ1v) is 5.47. The molecule has 0 spiro atoms. The summed E-state index contributed by atoms with van der Waals surface area (Å²) in [5, 5.41) is 20.0. The predicted molar refractivity (Wildman–Crippen MR) is 66.2 cm³/mol. The van der Waals surface area contributed by atoms with Crippen LogP contribution in [0, 0.1) is 6.92 Å². The van der Waals surface area contributed by atoms with E-state index in [4.69, 9.17) is 15.9 Å². The van der Waals surface area contributed by atoms with Crippen molar-refractivity contribution in [2.75, 3.05) is 12.3 Å². The van der Waals surface area contributed by atoms with E-state index in [0.717, 1.165) is 5.56 Å². The lowest BCUT2D eigenvalue weighted by Gasteiger charge is -2.08. The lowest BCUT2D eigenvalue weighted by atomic mass is 10.1. The Labute approximate surface area is 104 Å². The molecule has 0 aliphatic heterocycles. The summed E-state index contributed by atoms with van der Waals surface area (Å²) in [6.07, 6.45) is -1.49. The van der Waals surface area contributed by atoms with E-state index in [9.17, 15) is 9.59 Å². The third-order valence-electron chi connectivity index (χ3n) is 2.52. The standard InChI is InChI=1S/C12H16N2O4/c1-7-6-8(2-3-9(7)13)11(16)14-5-4-10(15)12(17)18/h2-3,6,10,15H,4-5,13H2,1H3,(H,14,16)(H,17,18). The fraction of sp³-hybridized carbons (Fsp3) is 0.333. The summed E-state index contributed by atoms with van der Waals surface area (Å²) in [5.41, 5.74) is 7.49. The number of rotatable bonds is 5. The molecule has 18 heavy (non-hydrogen) atoms. The number of nitrogens with two attached hydrogens (primary N) is 1. The number of aryl methyl sites for hydroxylation is 1. The molecule has 5 N–H and O–H groups in total. The first-order valence-electron chi connectivity index (χ1n) is 5.47. The fourth-order valence-corrected chi connectivity index (χ4v) is 1.36. The molecule has 1 amide bonds. The van der Waals surface area contributed by atoms with Gasteiger partial charge in [0.25, 0.3) is 5.91 Å². The van der Waals surface area contributed by atoms with E-state index in [0.29, 0.717) is 11.3 Å². The Morgan fingerprint density at radius 2 is 2.11 bits per heavy atom. The molecule has 1 aromatic carbocycles. The first-order chi connectivity index (χ1) is 8.41. The van der Waals surface area contributed by atoms with Crippen molar-refractivity contribution in [3.05, 3.63) is 29.3 Å². The second-order valence-corrected chi connectivity index (χ2v) is 3.97. The van der Waals surface area contributed by atoms with Crippen LogP contribution in [-0.4, -0.2) is 34.7 Å². The van der Waals surface area contributed by atoms with Gasteiger partial charge in [-0.15, -0.1) is 0 Å². The Bertz CT molecular complexity index is 459. The van der Waals surface area contributed by atoms with E-state index < -0.39 is 12.1 Å². The maximum atomic E-state index is 11.7. The van der Waals surface area contributed by atoms with Crippen LogP contribution in [0.3, 0.4) is 0 Å². The number of aliphatic hydroxyl groups excluding tert-OH is 1. The minimum atomic E-state index is -1.46. The zero-order chi connectivity index (χ0) is 13.7. The van der Waals surface area contributed by atoms with Crippen molar-refractivity contribution < 1.29 is 19.8 Å². The van der Waals surface area contributed by atoms with Gasteiger partial charge in [0.1, 0.15) is 0 Å². The van der Waals surface area contributed by atoms with Gasteiger partial charge in [-0.05, 0) is 30.7 Å². The number of nitrogen functional groups attached to an aromatic ring is 1. The molecular formula is C12H16N2O4. The molecule has 6 heteroatoms. The highest BCUT2D eigenvalue weighted by molar-refractivity contribution is 5.94. The van der Waals surface area contributed by atoms with Crippen molar-refractivity contribution in [1.29, 1.82) is 0 Å². The summed E-state index contributed by atoms with van der Waals surface area (Å²) in [7, 11) is 0. The highest BCUT2D eigenvalue weighted by atomic mass is 16.4. The molecule has 1 rings (SSSR count). The summed E-state index contributed by atoms with van der Waals surface area (Å²) in [6.45, 7) is 1.88. The van der Waals surface area contributed by atoms with Crippen molar-refractivity contribution in [2.24, 2.45) is 0 Å². The van der Waals surface area contributed by atoms with Crippen molar-refractivity contribution in [2.45, 2.75) is 19.4 Å². The van der Waals surface area contributed by atoms with Gasteiger partial charge < -0.3 is 21.3 Å². The molecule has 0 fully saturated rings. The molecule has 0 bridgehead atoms. The highest BCUT2D eigenvalue weighted by Crippen LogP contribution is 2.12. The van der Waals surface area contributed by atoms with Gasteiger partial charge in [0.2, 0.25) is 0 Å². The number of hydrogen-bond donors (Lipinski definition) is 4. The molecule has 1 aromatic rings. The maximum Gasteiger partial charge on any atom is 0.332 e. The molecule has 0 aromatic heterocycles. The first kappa shape index (κ1) is 14.0. The molecule has 0 heterocycles. The van der Waals surface area contributed by atoms with Crippen LogP contribution in [0.1, 0.15) is 22.3 Å². The lowest BCUT2D eigenvalue weighted by molar-refractivity contribution is -0.146. The molecule has 0 saturated carbocycles. The van der Waals surface area contributed by atoms with E-state index >= 15 is 0 Å². The fourth-order valence-electron chi connectivity index (χ4n) is 1.36. The third kappa shape index (κ3) is 3.74. The summed E-state index contributed by atoms with van der Waals surface area (Å²) in [4.78, 5) is 22.0. The molecule has 0 radical (unpaired) electrons. The van der Waals surface area contributed by atoms with Crippen LogP contribution >= 0.6 is 0 Å². The zero-order valence-corrected chi connectivity index (χ0v) is 10.0.